The Morgan fingerprint density at radius 1 is 1.50 bits per heavy atom. The lowest BCUT2D eigenvalue weighted by Crippen LogP contribution is -2.25. The first-order valence-electron chi connectivity index (χ1n) is 4.93. The summed E-state index contributed by atoms with van der Waals surface area (Å²) in [6.45, 7) is 2.82. The van der Waals surface area contributed by atoms with Crippen molar-refractivity contribution < 1.29 is 8.42 Å². The molecule has 16 heavy (non-hydrogen) atoms. The van der Waals surface area contributed by atoms with Crippen LogP contribution in [0.25, 0.3) is 0 Å². The molecule has 0 unspecified atom stereocenters. The molecule has 4 nitrogen and oxygen atoms in total. The molecule has 92 valence electrons. The third-order valence-corrected chi connectivity index (χ3v) is 5.32. The van der Waals surface area contributed by atoms with E-state index in [1.165, 1.54) is 11.3 Å². The summed E-state index contributed by atoms with van der Waals surface area (Å²) in [5, 5.41) is 0. The van der Waals surface area contributed by atoms with E-state index in [1.54, 1.807) is 13.0 Å². The highest BCUT2D eigenvalue weighted by atomic mass is 79.9. The summed E-state index contributed by atoms with van der Waals surface area (Å²) in [5.74, 6) is 0. The highest BCUT2D eigenvalue weighted by Crippen LogP contribution is 2.29. The molecule has 0 spiro atoms. The molecular weight excluding hydrogens is 312 g/mol. The van der Waals surface area contributed by atoms with Crippen LogP contribution in [0.3, 0.4) is 0 Å². The predicted molar refractivity (Wildman–Crippen MR) is 70.2 cm³/mol. The number of hydrogen-bond donors (Lipinski definition) is 2. The van der Waals surface area contributed by atoms with Gasteiger partial charge < -0.3 is 5.73 Å². The standard InChI is InChI=1S/C9H15BrN2O2S2/c1-7-8(6-9(10)15-7)16(13,14)12-5-3-2-4-11/h6,12H,2-5,11H2,1H3. The van der Waals surface area contributed by atoms with Crippen LogP contribution in [0.1, 0.15) is 17.7 Å². The number of rotatable bonds is 6. The monoisotopic (exact) mass is 326 g/mol. The van der Waals surface area contributed by atoms with E-state index in [-0.39, 0.29) is 0 Å². The number of sulfonamides is 1. The van der Waals surface area contributed by atoms with Gasteiger partial charge in [-0.25, -0.2) is 13.1 Å². The maximum absolute atomic E-state index is 11.9. The Hall–Kier alpha value is 0.0500. The van der Waals surface area contributed by atoms with Crippen LogP contribution in [0, 0.1) is 6.92 Å². The summed E-state index contributed by atoms with van der Waals surface area (Å²) < 4.78 is 27.1. The van der Waals surface area contributed by atoms with Gasteiger partial charge in [0.05, 0.1) is 8.68 Å². The summed E-state index contributed by atoms with van der Waals surface area (Å²) in [5.41, 5.74) is 5.34. The quantitative estimate of drug-likeness (QED) is 0.783. The molecule has 0 atom stereocenters. The molecule has 3 N–H and O–H groups in total. The minimum atomic E-state index is -3.36. The molecule has 7 heteroatoms. The van der Waals surface area contributed by atoms with E-state index in [9.17, 15) is 8.42 Å². The lowest BCUT2D eigenvalue weighted by molar-refractivity contribution is 0.577. The molecular formula is C9H15BrN2O2S2. The van der Waals surface area contributed by atoms with Crippen molar-refractivity contribution in [3.8, 4) is 0 Å². The zero-order valence-corrected chi connectivity index (χ0v) is 12.2. The van der Waals surface area contributed by atoms with Crippen molar-refractivity contribution >= 4 is 37.3 Å². The first-order valence-corrected chi connectivity index (χ1v) is 8.02. The van der Waals surface area contributed by atoms with Crippen LogP contribution in [-0.4, -0.2) is 21.5 Å². The van der Waals surface area contributed by atoms with Crippen molar-refractivity contribution in [2.75, 3.05) is 13.1 Å². The van der Waals surface area contributed by atoms with Crippen LogP contribution in [0.4, 0.5) is 0 Å². The summed E-state index contributed by atoms with van der Waals surface area (Å²) in [7, 11) is -3.36. The van der Waals surface area contributed by atoms with Gasteiger partial charge in [-0.05, 0) is 48.3 Å². The van der Waals surface area contributed by atoms with Gasteiger partial charge in [0.1, 0.15) is 0 Å². The largest absolute Gasteiger partial charge is 0.330 e. The van der Waals surface area contributed by atoms with Crippen molar-refractivity contribution in [3.05, 3.63) is 14.7 Å². The molecule has 0 bridgehead atoms. The predicted octanol–water partition coefficient (Wildman–Crippen LogP) is 1.84. The number of nitrogens with one attached hydrogen (secondary N) is 1. The zero-order valence-electron chi connectivity index (χ0n) is 8.99. The molecule has 0 amide bonds. The second kappa shape index (κ2) is 6.11. The molecule has 1 aromatic rings. The topological polar surface area (TPSA) is 72.2 Å². The van der Waals surface area contributed by atoms with Gasteiger partial charge in [0.15, 0.2) is 0 Å². The molecule has 0 aliphatic heterocycles. The SMILES string of the molecule is Cc1sc(Br)cc1S(=O)(=O)NCCCCN. The van der Waals surface area contributed by atoms with Crippen molar-refractivity contribution in [2.45, 2.75) is 24.7 Å². The van der Waals surface area contributed by atoms with Gasteiger partial charge in [-0.2, -0.15) is 0 Å². The van der Waals surface area contributed by atoms with Gasteiger partial charge >= 0.3 is 0 Å². The van der Waals surface area contributed by atoms with Gasteiger partial charge in [-0.15, -0.1) is 11.3 Å². The molecule has 0 radical (unpaired) electrons. The Labute approximate surface area is 108 Å². The van der Waals surface area contributed by atoms with Crippen molar-refractivity contribution in [2.24, 2.45) is 5.73 Å². The summed E-state index contributed by atoms with van der Waals surface area (Å²) >= 11 is 4.70. The van der Waals surface area contributed by atoms with E-state index in [2.05, 4.69) is 20.7 Å². The summed E-state index contributed by atoms with van der Waals surface area (Å²) in [4.78, 5) is 1.15. The number of unbranched alkanes of at least 4 members (excludes halogenated alkanes) is 1. The fourth-order valence-electron chi connectivity index (χ4n) is 1.25. The number of halogens is 1. The fourth-order valence-corrected chi connectivity index (χ4v) is 4.74. The number of aryl methyl sites for hydroxylation is 1. The van der Waals surface area contributed by atoms with Gasteiger partial charge in [-0.1, -0.05) is 0 Å². The van der Waals surface area contributed by atoms with Crippen molar-refractivity contribution in [3.63, 3.8) is 0 Å². The van der Waals surface area contributed by atoms with Gasteiger partial charge in [0.25, 0.3) is 0 Å². The van der Waals surface area contributed by atoms with Crippen LogP contribution in [0.2, 0.25) is 0 Å². The zero-order chi connectivity index (χ0) is 12.2. The van der Waals surface area contributed by atoms with Crippen LogP contribution in [0.15, 0.2) is 14.7 Å². The van der Waals surface area contributed by atoms with Crippen LogP contribution < -0.4 is 10.5 Å². The summed E-state index contributed by atoms with van der Waals surface area (Å²) in [6, 6.07) is 1.63. The number of nitrogens with two attached hydrogens (primary N) is 1. The highest BCUT2D eigenvalue weighted by molar-refractivity contribution is 9.11. The average molecular weight is 327 g/mol. The second-order valence-electron chi connectivity index (χ2n) is 3.36. The molecule has 0 saturated heterocycles. The van der Waals surface area contributed by atoms with E-state index >= 15 is 0 Å². The lowest BCUT2D eigenvalue weighted by Gasteiger charge is -2.05. The van der Waals surface area contributed by atoms with Gasteiger partial charge in [-0.3, -0.25) is 0 Å². The van der Waals surface area contributed by atoms with E-state index in [4.69, 9.17) is 5.73 Å². The Morgan fingerprint density at radius 3 is 2.69 bits per heavy atom. The normalized spacial score (nSPS) is 11.9. The average Bonchev–Trinajstić information content (AvgIpc) is 2.53. The van der Waals surface area contributed by atoms with Crippen LogP contribution >= 0.6 is 27.3 Å². The summed E-state index contributed by atoms with van der Waals surface area (Å²) in [6.07, 6.45) is 1.59. The number of thiophene rings is 1. The molecule has 0 saturated carbocycles. The molecule has 1 heterocycles. The van der Waals surface area contributed by atoms with Crippen molar-refractivity contribution in [1.82, 2.24) is 4.72 Å². The van der Waals surface area contributed by atoms with Gasteiger partial charge in [0.2, 0.25) is 10.0 Å². The second-order valence-corrected chi connectivity index (χ2v) is 7.74. The molecule has 0 fully saturated rings. The minimum Gasteiger partial charge on any atom is -0.330 e. The van der Waals surface area contributed by atoms with Crippen molar-refractivity contribution in [1.29, 1.82) is 0 Å². The highest BCUT2D eigenvalue weighted by Gasteiger charge is 2.18. The van der Waals surface area contributed by atoms with E-state index in [0.29, 0.717) is 18.0 Å². The fraction of sp³-hybridized carbons (Fsp3) is 0.556. The maximum atomic E-state index is 11.9. The third kappa shape index (κ3) is 3.81. The Morgan fingerprint density at radius 2 is 2.19 bits per heavy atom. The molecule has 0 aliphatic rings. The molecule has 0 aromatic carbocycles. The van der Waals surface area contributed by atoms with E-state index < -0.39 is 10.0 Å². The number of hydrogen-bond acceptors (Lipinski definition) is 4. The van der Waals surface area contributed by atoms with Crippen LogP contribution in [0.5, 0.6) is 0 Å². The first-order chi connectivity index (χ1) is 7.47. The smallest absolute Gasteiger partial charge is 0.241 e. The van der Waals surface area contributed by atoms with Gasteiger partial charge in [0, 0.05) is 11.4 Å². The molecule has 1 rings (SSSR count). The molecule has 0 aliphatic carbocycles. The Kier molecular flexibility index (Phi) is 5.39. The first kappa shape index (κ1) is 14.1. The Balaban J connectivity index is 2.67. The minimum absolute atomic E-state index is 0.358. The molecule has 1 aromatic heterocycles. The lowest BCUT2D eigenvalue weighted by atomic mass is 10.3. The third-order valence-electron chi connectivity index (χ3n) is 2.05. The maximum Gasteiger partial charge on any atom is 0.241 e. The van der Waals surface area contributed by atoms with E-state index in [0.717, 1.165) is 21.5 Å². The van der Waals surface area contributed by atoms with Crippen LogP contribution in [-0.2, 0) is 10.0 Å². The van der Waals surface area contributed by atoms with E-state index in [1.807, 2.05) is 0 Å². The Bertz CT molecular complexity index is 442.